The molecule has 30 heavy (non-hydrogen) atoms. The number of fused-ring (bicyclic) bond motifs is 1. The van der Waals surface area contributed by atoms with E-state index in [-0.39, 0.29) is 13.0 Å². The third-order valence-electron chi connectivity index (χ3n) is 4.06. The Morgan fingerprint density at radius 2 is 1.97 bits per heavy atom. The number of hydrogen-bond acceptors (Lipinski definition) is 6. The number of alkyl halides is 3. The molecule has 0 spiro atoms. The van der Waals surface area contributed by atoms with Crippen LogP contribution in [0.5, 0.6) is 5.75 Å². The molecule has 158 valence electrons. The van der Waals surface area contributed by atoms with E-state index in [4.69, 9.17) is 0 Å². The van der Waals surface area contributed by atoms with Gasteiger partial charge in [-0.25, -0.2) is 9.67 Å². The zero-order valence-electron chi connectivity index (χ0n) is 15.4. The van der Waals surface area contributed by atoms with E-state index in [0.29, 0.717) is 28.0 Å². The molecular weight excluding hydrogens is 405 g/mol. The van der Waals surface area contributed by atoms with Crippen LogP contribution in [0.25, 0.3) is 16.7 Å². The fourth-order valence-electron chi connectivity index (χ4n) is 2.88. The van der Waals surface area contributed by atoms with Gasteiger partial charge in [0.15, 0.2) is 11.9 Å². The fourth-order valence-corrected chi connectivity index (χ4v) is 2.88. The number of rotatable bonds is 7. The summed E-state index contributed by atoms with van der Waals surface area (Å²) in [4.78, 5) is 15.8. The van der Waals surface area contributed by atoms with Crippen molar-refractivity contribution in [2.24, 2.45) is 0 Å². The minimum absolute atomic E-state index is 0.00381. The Labute approximate surface area is 168 Å². The molecule has 0 aliphatic heterocycles. The van der Waals surface area contributed by atoms with Crippen LogP contribution in [0.2, 0.25) is 0 Å². The van der Waals surface area contributed by atoms with Gasteiger partial charge in [0.25, 0.3) is 0 Å². The Hall–Kier alpha value is -3.44. The average molecular weight is 422 g/mol. The second-order valence-corrected chi connectivity index (χ2v) is 6.18. The summed E-state index contributed by atoms with van der Waals surface area (Å²) in [5, 5.41) is 26.3. The Bertz CT molecular complexity index is 1060. The van der Waals surface area contributed by atoms with Gasteiger partial charge in [-0.15, -0.1) is 13.2 Å². The average Bonchev–Trinajstić information content (AvgIpc) is 3.05. The van der Waals surface area contributed by atoms with E-state index in [2.05, 4.69) is 26.7 Å². The van der Waals surface area contributed by atoms with Crippen molar-refractivity contribution in [3.8, 4) is 11.4 Å². The predicted molar refractivity (Wildman–Crippen MR) is 99.5 cm³/mol. The third kappa shape index (κ3) is 4.93. The van der Waals surface area contributed by atoms with Crippen molar-refractivity contribution in [2.75, 3.05) is 0 Å². The summed E-state index contributed by atoms with van der Waals surface area (Å²) in [5.41, 5.74) is 1.64. The highest BCUT2D eigenvalue weighted by molar-refractivity contribution is 5.88. The number of carbonyl (C=O) groups is 1. The van der Waals surface area contributed by atoms with Gasteiger partial charge in [-0.1, -0.05) is 6.58 Å². The second-order valence-electron chi connectivity index (χ2n) is 6.18. The van der Waals surface area contributed by atoms with Crippen LogP contribution in [-0.2, 0) is 17.8 Å². The number of aromatic nitrogens is 3. The number of pyridine rings is 1. The van der Waals surface area contributed by atoms with Gasteiger partial charge >= 0.3 is 6.36 Å². The van der Waals surface area contributed by atoms with Gasteiger partial charge in [0, 0.05) is 18.0 Å². The highest BCUT2D eigenvalue weighted by Gasteiger charge is 2.31. The van der Waals surface area contributed by atoms with Crippen LogP contribution in [0.4, 0.5) is 13.2 Å². The van der Waals surface area contributed by atoms with Gasteiger partial charge in [0.05, 0.1) is 17.9 Å². The summed E-state index contributed by atoms with van der Waals surface area (Å²) in [6, 6.07) is 6.60. The fraction of sp³-hybridized carbons (Fsp3) is 0.211. The lowest BCUT2D eigenvalue weighted by Crippen LogP contribution is -2.20. The molecule has 0 bridgehead atoms. The van der Waals surface area contributed by atoms with E-state index < -0.39 is 24.3 Å². The molecule has 2 heterocycles. The van der Waals surface area contributed by atoms with Crippen LogP contribution >= 0.6 is 0 Å². The smallest absolute Gasteiger partial charge is 0.406 e. The number of carbonyl (C=O) groups excluding carboxylic acids is 1. The normalized spacial score (nSPS) is 11.7. The number of hydrogen-bond donors (Lipinski definition) is 3. The van der Waals surface area contributed by atoms with Crippen LogP contribution < -0.4 is 10.1 Å². The number of nitrogens with one attached hydrogen (secondary N) is 1. The highest BCUT2D eigenvalue weighted by Crippen LogP contribution is 2.27. The Balaban J connectivity index is 2.06. The van der Waals surface area contributed by atoms with Crippen molar-refractivity contribution < 1.29 is 32.9 Å². The lowest BCUT2D eigenvalue weighted by molar-refractivity contribution is -0.274. The molecular formula is C19H17F3N4O4. The van der Waals surface area contributed by atoms with Crippen LogP contribution in [0.1, 0.15) is 11.3 Å². The lowest BCUT2D eigenvalue weighted by atomic mass is 10.1. The summed E-state index contributed by atoms with van der Waals surface area (Å²) in [5.74, 6) is -0.822. The third-order valence-corrected chi connectivity index (χ3v) is 4.06. The predicted octanol–water partition coefficient (Wildman–Crippen LogP) is 1.97. The molecule has 1 aromatic carbocycles. The molecule has 0 atom stereocenters. The summed E-state index contributed by atoms with van der Waals surface area (Å²) >= 11 is 0. The zero-order chi connectivity index (χ0) is 21.9. The van der Waals surface area contributed by atoms with Crippen molar-refractivity contribution in [3.05, 3.63) is 60.4 Å². The molecule has 0 aliphatic rings. The summed E-state index contributed by atoms with van der Waals surface area (Å²) in [6.07, 6.45) is -3.99. The van der Waals surface area contributed by atoms with Crippen LogP contribution in [0, 0.1) is 0 Å². The maximum absolute atomic E-state index is 12.4. The molecule has 0 radical (unpaired) electrons. The van der Waals surface area contributed by atoms with Crippen molar-refractivity contribution in [1.82, 2.24) is 20.1 Å². The lowest BCUT2D eigenvalue weighted by Gasteiger charge is -2.09. The molecule has 3 N–H and O–H groups in total. The first-order valence-electron chi connectivity index (χ1n) is 8.66. The quantitative estimate of drug-likeness (QED) is 0.397. The van der Waals surface area contributed by atoms with E-state index in [0.717, 1.165) is 18.2 Å². The van der Waals surface area contributed by atoms with E-state index in [1.807, 2.05) is 0 Å². The molecule has 0 fully saturated rings. The van der Waals surface area contributed by atoms with Crippen LogP contribution in [0.3, 0.4) is 0 Å². The second kappa shape index (κ2) is 8.51. The number of benzene rings is 1. The Morgan fingerprint density at radius 3 is 2.57 bits per heavy atom. The monoisotopic (exact) mass is 422 g/mol. The molecule has 3 aromatic rings. The van der Waals surface area contributed by atoms with Crippen molar-refractivity contribution in [2.45, 2.75) is 25.6 Å². The summed E-state index contributed by atoms with van der Waals surface area (Å²) in [6.45, 7) is 3.37. The molecule has 1 amide bonds. The Kier molecular flexibility index (Phi) is 6.04. The molecule has 0 aliphatic carbocycles. The molecule has 3 rings (SSSR count). The van der Waals surface area contributed by atoms with E-state index in [1.54, 1.807) is 6.07 Å². The van der Waals surface area contributed by atoms with Gasteiger partial charge in [-0.3, -0.25) is 4.79 Å². The summed E-state index contributed by atoms with van der Waals surface area (Å²) in [7, 11) is 0. The SMILES string of the molecule is C=CC(=O)NCc1nn(-c2ccc(OC(F)(F)F)cc2)c2nccc(CC(O)O)c12. The minimum atomic E-state index is -4.81. The number of nitrogens with zero attached hydrogens (tertiary/aromatic N) is 3. The maximum Gasteiger partial charge on any atom is 0.573 e. The van der Waals surface area contributed by atoms with Gasteiger partial charge in [0.1, 0.15) is 5.75 Å². The number of ether oxygens (including phenoxy) is 1. The van der Waals surface area contributed by atoms with Gasteiger partial charge in [-0.2, -0.15) is 5.10 Å². The maximum atomic E-state index is 12.4. The van der Waals surface area contributed by atoms with E-state index in [9.17, 15) is 28.2 Å². The first-order valence-corrected chi connectivity index (χ1v) is 8.66. The number of halogens is 3. The molecule has 0 unspecified atom stereocenters. The van der Waals surface area contributed by atoms with Crippen LogP contribution in [-0.4, -0.2) is 43.5 Å². The molecule has 0 saturated carbocycles. The number of aliphatic hydroxyl groups excluding tert-OH is 1. The van der Waals surface area contributed by atoms with Crippen LogP contribution in [0.15, 0.2) is 49.2 Å². The van der Waals surface area contributed by atoms with Crippen molar-refractivity contribution >= 4 is 16.9 Å². The zero-order valence-corrected chi connectivity index (χ0v) is 15.4. The first kappa shape index (κ1) is 21.3. The topological polar surface area (TPSA) is 110 Å². The van der Waals surface area contributed by atoms with Gasteiger partial charge in [0.2, 0.25) is 5.91 Å². The van der Waals surface area contributed by atoms with Crippen molar-refractivity contribution in [1.29, 1.82) is 0 Å². The van der Waals surface area contributed by atoms with Crippen molar-refractivity contribution in [3.63, 3.8) is 0 Å². The summed E-state index contributed by atoms with van der Waals surface area (Å²) < 4.78 is 42.4. The van der Waals surface area contributed by atoms with E-state index >= 15 is 0 Å². The highest BCUT2D eigenvalue weighted by atomic mass is 19.4. The van der Waals surface area contributed by atoms with Gasteiger partial charge in [-0.05, 0) is 42.0 Å². The minimum Gasteiger partial charge on any atom is -0.406 e. The Morgan fingerprint density at radius 1 is 1.27 bits per heavy atom. The molecule has 11 heteroatoms. The number of amides is 1. The first-order chi connectivity index (χ1) is 14.2. The molecule has 2 aromatic heterocycles. The number of aliphatic hydroxyl groups is 2. The standard InChI is InChI=1S/C19H17F3N4O4/c1-2-15(27)24-10-14-17-11(9-16(28)29)7-8-23-18(17)26(25-14)12-3-5-13(6-4-12)30-19(20,21)22/h2-8,16,28-29H,1,9-10H2,(H,24,27). The molecule has 8 nitrogen and oxygen atoms in total. The molecule has 0 saturated heterocycles. The van der Waals surface area contributed by atoms with Gasteiger partial charge < -0.3 is 20.3 Å². The van der Waals surface area contributed by atoms with E-state index in [1.165, 1.54) is 23.0 Å². The largest absolute Gasteiger partial charge is 0.573 e.